The minimum Gasteiger partial charge on any atom is -0.309 e. The molecule has 0 unspecified atom stereocenters. The minimum absolute atomic E-state index is 1.18. The van der Waals surface area contributed by atoms with E-state index in [1.807, 2.05) is 11.3 Å². The van der Waals surface area contributed by atoms with Gasteiger partial charge in [0.2, 0.25) is 0 Å². The number of fused-ring (bicyclic) bond motifs is 9. The van der Waals surface area contributed by atoms with Crippen LogP contribution in [0, 0.1) is 0 Å². The molecule has 11 aromatic rings. The van der Waals surface area contributed by atoms with Crippen LogP contribution in [0.1, 0.15) is 0 Å². The lowest BCUT2D eigenvalue weighted by Crippen LogP contribution is -1.93. The van der Waals surface area contributed by atoms with Crippen LogP contribution in [-0.4, -0.2) is 9.13 Å². The van der Waals surface area contributed by atoms with Crippen molar-refractivity contribution in [3.63, 3.8) is 0 Å². The molecule has 0 saturated carbocycles. The standard InChI is InChI=1S/C48H30N2S/c1-3-12-34(13-4-1)49-43-20-10-8-17-41(43)48-36(18-11-21-44(48)49)33-24-27-40-39-26-23-32(29-46(39)51-47(40)30-33)31-22-25-38-37-16-7-9-19-42(37)50(45(38)28-31)35-14-5-2-6-15-35/h1-30H. The number of rotatable bonds is 4. The second-order valence-electron chi connectivity index (χ2n) is 13.3. The highest BCUT2D eigenvalue weighted by Gasteiger charge is 2.17. The molecule has 0 fully saturated rings. The summed E-state index contributed by atoms with van der Waals surface area (Å²) in [5.74, 6) is 0. The highest BCUT2D eigenvalue weighted by molar-refractivity contribution is 7.25. The summed E-state index contributed by atoms with van der Waals surface area (Å²) in [4.78, 5) is 0. The zero-order valence-corrected chi connectivity index (χ0v) is 28.4. The maximum Gasteiger partial charge on any atom is 0.0547 e. The predicted molar refractivity (Wildman–Crippen MR) is 219 cm³/mol. The molecule has 0 aliphatic carbocycles. The van der Waals surface area contributed by atoms with Crippen molar-refractivity contribution < 1.29 is 0 Å². The maximum absolute atomic E-state index is 2.40. The van der Waals surface area contributed by atoms with Gasteiger partial charge in [0.1, 0.15) is 0 Å². The summed E-state index contributed by atoms with van der Waals surface area (Å²) in [6, 6.07) is 66.6. The Morgan fingerprint density at radius 3 is 1.51 bits per heavy atom. The fourth-order valence-electron chi connectivity index (χ4n) is 8.24. The predicted octanol–water partition coefficient (Wildman–Crippen LogP) is 13.6. The van der Waals surface area contributed by atoms with Gasteiger partial charge in [-0.25, -0.2) is 0 Å². The monoisotopic (exact) mass is 666 g/mol. The van der Waals surface area contributed by atoms with E-state index in [9.17, 15) is 0 Å². The van der Waals surface area contributed by atoms with E-state index in [-0.39, 0.29) is 0 Å². The second kappa shape index (κ2) is 11.0. The average molecular weight is 667 g/mol. The summed E-state index contributed by atoms with van der Waals surface area (Å²) >= 11 is 1.89. The highest BCUT2D eigenvalue weighted by atomic mass is 32.1. The van der Waals surface area contributed by atoms with Crippen molar-refractivity contribution >= 4 is 75.1 Å². The fraction of sp³-hybridized carbons (Fsp3) is 0. The largest absolute Gasteiger partial charge is 0.309 e. The van der Waals surface area contributed by atoms with Crippen LogP contribution in [0.5, 0.6) is 0 Å². The quantitative estimate of drug-likeness (QED) is 0.177. The summed E-state index contributed by atoms with van der Waals surface area (Å²) in [5, 5.41) is 7.74. The van der Waals surface area contributed by atoms with Crippen molar-refractivity contribution in [3.8, 4) is 33.6 Å². The van der Waals surface area contributed by atoms with Crippen LogP contribution in [0.15, 0.2) is 182 Å². The molecule has 0 amide bonds. The zero-order valence-electron chi connectivity index (χ0n) is 27.6. The number of hydrogen-bond acceptors (Lipinski definition) is 1. The maximum atomic E-state index is 2.40. The SMILES string of the molecule is c1ccc(-n2c3ccccc3c3ccc(-c4ccc5c(c4)sc4cc(-c6cccc7c6c6ccccc6n7-c6ccccc6)ccc45)cc32)cc1. The summed E-state index contributed by atoms with van der Waals surface area (Å²) in [7, 11) is 0. The van der Waals surface area contributed by atoms with Gasteiger partial charge in [0, 0.05) is 53.1 Å². The first kappa shape index (κ1) is 28.4. The van der Waals surface area contributed by atoms with E-state index < -0.39 is 0 Å². The summed E-state index contributed by atoms with van der Waals surface area (Å²) in [6.07, 6.45) is 0. The van der Waals surface area contributed by atoms with E-state index in [1.165, 1.54) is 97.4 Å². The van der Waals surface area contributed by atoms with Gasteiger partial charge in [0.15, 0.2) is 0 Å². The van der Waals surface area contributed by atoms with Gasteiger partial charge in [-0.2, -0.15) is 0 Å². The van der Waals surface area contributed by atoms with Gasteiger partial charge in [-0.1, -0.05) is 121 Å². The smallest absolute Gasteiger partial charge is 0.0547 e. The van der Waals surface area contributed by atoms with E-state index in [1.54, 1.807) is 0 Å². The summed E-state index contributed by atoms with van der Waals surface area (Å²) in [6.45, 7) is 0. The Balaban J connectivity index is 1.05. The highest BCUT2D eigenvalue weighted by Crippen LogP contribution is 2.43. The Labute approximate surface area is 298 Å². The molecule has 51 heavy (non-hydrogen) atoms. The number of nitrogens with zero attached hydrogens (tertiary/aromatic N) is 2. The number of benzene rings is 8. The van der Waals surface area contributed by atoms with Crippen molar-refractivity contribution in [2.24, 2.45) is 0 Å². The van der Waals surface area contributed by atoms with Gasteiger partial charge in [-0.05, 0) is 82.9 Å². The number of hydrogen-bond donors (Lipinski definition) is 0. The Kier molecular flexibility index (Phi) is 6.16. The van der Waals surface area contributed by atoms with E-state index in [0.717, 1.165) is 0 Å². The molecule has 3 heterocycles. The molecule has 0 atom stereocenters. The van der Waals surface area contributed by atoms with Crippen molar-refractivity contribution in [2.45, 2.75) is 0 Å². The van der Waals surface area contributed by atoms with Gasteiger partial charge < -0.3 is 9.13 Å². The molecule has 0 saturated heterocycles. The van der Waals surface area contributed by atoms with Crippen LogP contribution in [0.4, 0.5) is 0 Å². The molecular formula is C48H30N2S. The Morgan fingerprint density at radius 1 is 0.314 bits per heavy atom. The van der Waals surface area contributed by atoms with Gasteiger partial charge in [-0.3, -0.25) is 0 Å². The number of aromatic nitrogens is 2. The minimum atomic E-state index is 1.18. The third-order valence-corrected chi connectivity index (χ3v) is 11.6. The van der Waals surface area contributed by atoms with Crippen LogP contribution in [-0.2, 0) is 0 Å². The molecule has 0 bridgehead atoms. The van der Waals surface area contributed by atoms with Crippen molar-refractivity contribution in [3.05, 3.63) is 182 Å². The molecule has 0 N–H and O–H groups in total. The van der Waals surface area contributed by atoms with Crippen molar-refractivity contribution in [1.82, 2.24) is 9.13 Å². The van der Waals surface area contributed by atoms with E-state index in [2.05, 4.69) is 191 Å². The van der Waals surface area contributed by atoms with Gasteiger partial charge in [0.25, 0.3) is 0 Å². The van der Waals surface area contributed by atoms with Crippen LogP contribution in [0.3, 0.4) is 0 Å². The molecule has 238 valence electrons. The van der Waals surface area contributed by atoms with Crippen LogP contribution in [0.2, 0.25) is 0 Å². The third-order valence-electron chi connectivity index (χ3n) is 10.5. The fourth-order valence-corrected chi connectivity index (χ4v) is 9.43. The zero-order chi connectivity index (χ0) is 33.5. The van der Waals surface area contributed by atoms with Gasteiger partial charge in [0.05, 0.1) is 22.1 Å². The lowest BCUT2D eigenvalue weighted by molar-refractivity contribution is 1.18. The van der Waals surface area contributed by atoms with Crippen molar-refractivity contribution in [2.75, 3.05) is 0 Å². The van der Waals surface area contributed by atoms with E-state index >= 15 is 0 Å². The van der Waals surface area contributed by atoms with Gasteiger partial charge >= 0.3 is 0 Å². The van der Waals surface area contributed by atoms with Crippen LogP contribution >= 0.6 is 11.3 Å². The first-order chi connectivity index (χ1) is 25.3. The van der Waals surface area contributed by atoms with Crippen LogP contribution in [0.25, 0.3) is 97.4 Å². The van der Waals surface area contributed by atoms with Gasteiger partial charge in [-0.15, -0.1) is 11.3 Å². The molecule has 11 rings (SSSR count). The molecule has 2 nitrogen and oxygen atoms in total. The third kappa shape index (κ3) is 4.29. The normalized spacial score (nSPS) is 11.9. The Bertz CT molecular complexity index is 3130. The lowest BCUT2D eigenvalue weighted by atomic mass is 9.98. The lowest BCUT2D eigenvalue weighted by Gasteiger charge is -2.09. The Morgan fingerprint density at radius 2 is 0.804 bits per heavy atom. The average Bonchev–Trinajstić information content (AvgIpc) is 3.85. The van der Waals surface area contributed by atoms with E-state index in [0.29, 0.717) is 0 Å². The molecular weight excluding hydrogens is 637 g/mol. The second-order valence-corrected chi connectivity index (χ2v) is 14.4. The molecule has 0 radical (unpaired) electrons. The van der Waals surface area contributed by atoms with Crippen LogP contribution < -0.4 is 0 Å². The molecule has 0 aliphatic heterocycles. The molecule has 0 spiro atoms. The topological polar surface area (TPSA) is 9.86 Å². The van der Waals surface area contributed by atoms with Crippen molar-refractivity contribution in [1.29, 1.82) is 0 Å². The summed E-state index contributed by atoms with van der Waals surface area (Å²) < 4.78 is 7.40. The molecule has 3 heteroatoms. The molecule has 8 aromatic carbocycles. The Hall–Kier alpha value is -6.42. The number of thiophene rings is 1. The number of para-hydroxylation sites is 4. The summed E-state index contributed by atoms with van der Waals surface area (Å²) in [5.41, 5.74) is 12.2. The first-order valence-corrected chi connectivity index (χ1v) is 18.3. The van der Waals surface area contributed by atoms with E-state index in [4.69, 9.17) is 0 Å². The molecule has 0 aliphatic rings. The molecule has 3 aromatic heterocycles. The first-order valence-electron chi connectivity index (χ1n) is 17.4.